The lowest BCUT2D eigenvalue weighted by atomic mass is 10.2. The molecule has 118 valence electrons. The smallest absolute Gasteiger partial charge is 0.191 e. The van der Waals surface area contributed by atoms with Crippen molar-refractivity contribution in [2.45, 2.75) is 25.8 Å². The number of hydrogen-bond donors (Lipinski definition) is 2. The number of likely N-dealkylation sites (tertiary alicyclic amines) is 1. The molecule has 1 heterocycles. The third kappa shape index (κ3) is 7.13. The monoisotopic (exact) mass is 402 g/mol. The van der Waals surface area contributed by atoms with Gasteiger partial charge in [-0.15, -0.1) is 24.0 Å². The molecule has 1 aromatic rings. The first-order valence-corrected chi connectivity index (χ1v) is 7.59. The van der Waals surface area contributed by atoms with Crippen molar-refractivity contribution in [1.82, 2.24) is 15.5 Å². The average Bonchev–Trinajstić information content (AvgIpc) is 3.01. The van der Waals surface area contributed by atoms with E-state index in [1.165, 1.54) is 44.5 Å². The summed E-state index contributed by atoms with van der Waals surface area (Å²) in [5.41, 5.74) is 1.27. The zero-order chi connectivity index (χ0) is 14.0. The maximum absolute atomic E-state index is 4.25. The van der Waals surface area contributed by atoms with Gasteiger partial charge in [0.15, 0.2) is 5.96 Å². The van der Waals surface area contributed by atoms with Crippen LogP contribution in [0.1, 0.15) is 24.8 Å². The molecule has 5 heteroatoms. The SMILES string of the molecule is CN=C(NCCCN1CCCC1)NCc1ccccc1.I. The molecule has 4 nitrogen and oxygen atoms in total. The van der Waals surface area contributed by atoms with Crippen LogP contribution in [0.15, 0.2) is 35.3 Å². The van der Waals surface area contributed by atoms with Crippen LogP contribution >= 0.6 is 24.0 Å². The summed E-state index contributed by atoms with van der Waals surface area (Å²) in [6.45, 7) is 5.54. The normalized spacial score (nSPS) is 15.6. The molecule has 0 spiro atoms. The summed E-state index contributed by atoms with van der Waals surface area (Å²) in [5, 5.41) is 6.72. The van der Waals surface area contributed by atoms with Crippen LogP contribution in [0.5, 0.6) is 0 Å². The number of hydrogen-bond acceptors (Lipinski definition) is 2. The molecule has 0 aliphatic carbocycles. The van der Waals surface area contributed by atoms with Gasteiger partial charge in [-0.25, -0.2) is 0 Å². The largest absolute Gasteiger partial charge is 0.356 e. The maximum Gasteiger partial charge on any atom is 0.191 e. The quantitative estimate of drug-likeness (QED) is 0.333. The molecular weight excluding hydrogens is 375 g/mol. The molecule has 0 amide bonds. The first-order chi connectivity index (χ1) is 9.88. The van der Waals surface area contributed by atoms with Crippen LogP contribution in [-0.4, -0.2) is 44.1 Å². The molecule has 0 aromatic heterocycles. The van der Waals surface area contributed by atoms with Crippen molar-refractivity contribution in [3.05, 3.63) is 35.9 Å². The molecule has 2 rings (SSSR count). The van der Waals surface area contributed by atoms with E-state index in [0.717, 1.165) is 19.0 Å². The molecule has 1 aliphatic heterocycles. The Bertz CT molecular complexity index is 402. The van der Waals surface area contributed by atoms with Crippen molar-refractivity contribution in [3.63, 3.8) is 0 Å². The zero-order valence-electron chi connectivity index (χ0n) is 12.8. The summed E-state index contributed by atoms with van der Waals surface area (Å²) in [6.07, 6.45) is 3.91. The number of guanidine groups is 1. The summed E-state index contributed by atoms with van der Waals surface area (Å²) in [5.74, 6) is 0.885. The van der Waals surface area contributed by atoms with E-state index >= 15 is 0 Å². The second kappa shape index (κ2) is 10.8. The van der Waals surface area contributed by atoms with Gasteiger partial charge in [0.1, 0.15) is 0 Å². The maximum atomic E-state index is 4.25. The van der Waals surface area contributed by atoms with Crippen molar-refractivity contribution in [2.75, 3.05) is 33.2 Å². The van der Waals surface area contributed by atoms with Gasteiger partial charge in [0, 0.05) is 20.1 Å². The zero-order valence-corrected chi connectivity index (χ0v) is 15.2. The van der Waals surface area contributed by atoms with Gasteiger partial charge in [0.25, 0.3) is 0 Å². The van der Waals surface area contributed by atoms with E-state index in [4.69, 9.17) is 0 Å². The van der Waals surface area contributed by atoms with E-state index in [9.17, 15) is 0 Å². The number of nitrogens with one attached hydrogen (secondary N) is 2. The second-order valence-corrected chi connectivity index (χ2v) is 5.24. The number of nitrogens with zero attached hydrogens (tertiary/aromatic N) is 2. The Labute approximate surface area is 145 Å². The van der Waals surface area contributed by atoms with E-state index in [1.807, 2.05) is 13.1 Å². The van der Waals surface area contributed by atoms with Gasteiger partial charge in [-0.2, -0.15) is 0 Å². The van der Waals surface area contributed by atoms with Gasteiger partial charge in [0.2, 0.25) is 0 Å². The molecule has 0 unspecified atom stereocenters. The van der Waals surface area contributed by atoms with E-state index in [-0.39, 0.29) is 24.0 Å². The Morgan fingerprint density at radius 2 is 1.86 bits per heavy atom. The van der Waals surface area contributed by atoms with Gasteiger partial charge < -0.3 is 15.5 Å². The first kappa shape index (κ1) is 18.2. The third-order valence-corrected chi connectivity index (χ3v) is 3.67. The van der Waals surface area contributed by atoms with Crippen LogP contribution in [0.4, 0.5) is 0 Å². The summed E-state index contributed by atoms with van der Waals surface area (Å²) in [4.78, 5) is 6.80. The number of halogens is 1. The topological polar surface area (TPSA) is 39.7 Å². The molecule has 0 bridgehead atoms. The van der Waals surface area contributed by atoms with Crippen LogP contribution < -0.4 is 10.6 Å². The van der Waals surface area contributed by atoms with Crippen LogP contribution in [0, 0.1) is 0 Å². The fourth-order valence-corrected chi connectivity index (χ4v) is 2.52. The van der Waals surface area contributed by atoms with E-state index in [2.05, 4.69) is 44.8 Å². The Morgan fingerprint density at radius 1 is 1.14 bits per heavy atom. The number of aliphatic imine (C=N–C) groups is 1. The summed E-state index contributed by atoms with van der Waals surface area (Å²) in [6, 6.07) is 10.4. The predicted octanol–water partition coefficient (Wildman–Crippen LogP) is 2.46. The fourth-order valence-electron chi connectivity index (χ4n) is 2.52. The highest BCUT2D eigenvalue weighted by Crippen LogP contribution is 2.06. The van der Waals surface area contributed by atoms with E-state index in [1.54, 1.807) is 0 Å². The van der Waals surface area contributed by atoms with Gasteiger partial charge in [-0.05, 0) is 44.5 Å². The minimum Gasteiger partial charge on any atom is -0.356 e. The molecule has 1 aliphatic rings. The molecule has 1 saturated heterocycles. The second-order valence-electron chi connectivity index (χ2n) is 5.24. The first-order valence-electron chi connectivity index (χ1n) is 7.59. The molecule has 1 fully saturated rings. The third-order valence-electron chi connectivity index (χ3n) is 3.67. The lowest BCUT2D eigenvalue weighted by molar-refractivity contribution is 0.334. The number of rotatable bonds is 6. The summed E-state index contributed by atoms with van der Waals surface area (Å²) in [7, 11) is 1.82. The molecule has 21 heavy (non-hydrogen) atoms. The van der Waals surface area contributed by atoms with Gasteiger partial charge >= 0.3 is 0 Å². The Balaban J connectivity index is 0.00000220. The predicted molar refractivity (Wildman–Crippen MR) is 100 cm³/mol. The van der Waals surface area contributed by atoms with Crippen LogP contribution in [0.2, 0.25) is 0 Å². The molecule has 0 atom stereocenters. The van der Waals surface area contributed by atoms with Crippen molar-refractivity contribution < 1.29 is 0 Å². The van der Waals surface area contributed by atoms with E-state index < -0.39 is 0 Å². The standard InChI is InChI=1S/C16H26N4.HI/c1-17-16(19-14-15-8-3-2-4-9-15)18-10-7-13-20-11-5-6-12-20;/h2-4,8-9H,5-7,10-14H2,1H3,(H2,17,18,19);1H. The molecule has 0 radical (unpaired) electrons. The lowest BCUT2D eigenvalue weighted by Gasteiger charge is -2.16. The molecule has 0 saturated carbocycles. The molecule has 1 aromatic carbocycles. The Kier molecular flexibility index (Phi) is 9.41. The van der Waals surface area contributed by atoms with Crippen molar-refractivity contribution >= 4 is 29.9 Å². The average molecular weight is 402 g/mol. The van der Waals surface area contributed by atoms with Crippen LogP contribution in [0.25, 0.3) is 0 Å². The number of benzene rings is 1. The minimum atomic E-state index is 0. The van der Waals surface area contributed by atoms with Gasteiger partial charge in [0.05, 0.1) is 0 Å². The van der Waals surface area contributed by atoms with Gasteiger partial charge in [-0.1, -0.05) is 30.3 Å². The lowest BCUT2D eigenvalue weighted by Crippen LogP contribution is -2.38. The van der Waals surface area contributed by atoms with Crippen molar-refractivity contribution in [1.29, 1.82) is 0 Å². The summed E-state index contributed by atoms with van der Waals surface area (Å²) >= 11 is 0. The fraction of sp³-hybridized carbons (Fsp3) is 0.562. The molecule has 2 N–H and O–H groups in total. The Morgan fingerprint density at radius 3 is 2.52 bits per heavy atom. The molecular formula is C16H27IN4. The summed E-state index contributed by atoms with van der Waals surface area (Å²) < 4.78 is 0. The van der Waals surface area contributed by atoms with Gasteiger partial charge in [-0.3, -0.25) is 4.99 Å². The van der Waals surface area contributed by atoms with Crippen LogP contribution in [-0.2, 0) is 6.54 Å². The Hall–Kier alpha value is -0.820. The highest BCUT2D eigenvalue weighted by molar-refractivity contribution is 14.0. The van der Waals surface area contributed by atoms with E-state index in [0.29, 0.717) is 0 Å². The highest BCUT2D eigenvalue weighted by Gasteiger charge is 2.10. The van der Waals surface area contributed by atoms with Crippen LogP contribution in [0.3, 0.4) is 0 Å². The van der Waals surface area contributed by atoms with Crippen molar-refractivity contribution in [3.8, 4) is 0 Å². The highest BCUT2D eigenvalue weighted by atomic mass is 127. The minimum absolute atomic E-state index is 0. The van der Waals surface area contributed by atoms with Crippen molar-refractivity contribution in [2.24, 2.45) is 4.99 Å².